The van der Waals surface area contributed by atoms with Gasteiger partial charge in [0.1, 0.15) is 6.61 Å². The minimum Gasteiger partial charge on any atom is -0.487 e. The summed E-state index contributed by atoms with van der Waals surface area (Å²) in [5.41, 5.74) is 4.18. The molecule has 0 atom stereocenters. The molecule has 3 rings (SSSR count). The number of nitrogens with zero attached hydrogens (tertiary/aromatic N) is 1. The molecule has 172 valence electrons. The number of oxime groups is 1. The minimum absolute atomic E-state index is 0.000217. The third-order valence-electron chi connectivity index (χ3n) is 4.92. The summed E-state index contributed by atoms with van der Waals surface area (Å²) in [7, 11) is 0. The molecule has 0 unspecified atom stereocenters. The standard InChI is InChI=1S/C27H28FNO4/c1-19(2)17-24(22-13-11-21(12-14-22)20-7-4-3-5-8-20)29-33-16-15-32-25-10-6-9-23(27(25)28)18-26(30)31/h3-14,19H,15-18H2,1-2H3,(H,30,31)/b29-24+. The fourth-order valence-corrected chi connectivity index (χ4v) is 3.36. The molecule has 5 nitrogen and oxygen atoms in total. The SMILES string of the molecule is CC(C)C/C(=N\OCCOc1cccc(CC(=O)O)c1F)c1ccc(-c2ccccc2)cc1. The van der Waals surface area contributed by atoms with E-state index in [2.05, 4.69) is 43.3 Å². The van der Waals surface area contributed by atoms with Gasteiger partial charge in [0.25, 0.3) is 0 Å². The highest BCUT2D eigenvalue weighted by molar-refractivity contribution is 6.00. The predicted molar refractivity (Wildman–Crippen MR) is 127 cm³/mol. The fraction of sp³-hybridized carbons (Fsp3) is 0.259. The first-order valence-corrected chi connectivity index (χ1v) is 10.9. The number of halogens is 1. The zero-order valence-corrected chi connectivity index (χ0v) is 18.8. The van der Waals surface area contributed by atoms with Crippen molar-refractivity contribution in [1.82, 2.24) is 0 Å². The lowest BCUT2D eigenvalue weighted by atomic mass is 9.98. The van der Waals surface area contributed by atoms with Crippen molar-refractivity contribution in [3.63, 3.8) is 0 Å². The van der Waals surface area contributed by atoms with Crippen LogP contribution in [0.1, 0.15) is 31.4 Å². The molecule has 3 aromatic rings. The van der Waals surface area contributed by atoms with Crippen molar-refractivity contribution >= 4 is 11.7 Å². The Hall–Kier alpha value is -3.67. The maximum Gasteiger partial charge on any atom is 0.307 e. The van der Waals surface area contributed by atoms with Crippen LogP contribution in [0.3, 0.4) is 0 Å². The average molecular weight is 450 g/mol. The van der Waals surface area contributed by atoms with Crippen LogP contribution in [0.5, 0.6) is 5.75 Å². The molecule has 0 aliphatic rings. The number of rotatable bonds is 11. The van der Waals surface area contributed by atoms with Gasteiger partial charge in [0.05, 0.1) is 12.1 Å². The first-order valence-electron chi connectivity index (χ1n) is 10.9. The van der Waals surface area contributed by atoms with E-state index in [-0.39, 0.29) is 24.5 Å². The average Bonchev–Trinajstić information content (AvgIpc) is 2.80. The van der Waals surface area contributed by atoms with Gasteiger partial charge < -0.3 is 14.7 Å². The second kappa shape index (κ2) is 11.8. The molecule has 0 aromatic heterocycles. The molecule has 1 N–H and O–H groups in total. The van der Waals surface area contributed by atoms with E-state index >= 15 is 0 Å². The van der Waals surface area contributed by atoms with Crippen molar-refractivity contribution in [3.8, 4) is 16.9 Å². The number of hydrogen-bond acceptors (Lipinski definition) is 4. The van der Waals surface area contributed by atoms with Crippen molar-refractivity contribution in [1.29, 1.82) is 0 Å². The van der Waals surface area contributed by atoms with Crippen LogP contribution >= 0.6 is 0 Å². The summed E-state index contributed by atoms with van der Waals surface area (Å²) in [6, 6.07) is 22.8. The Kier molecular flexibility index (Phi) is 8.58. The largest absolute Gasteiger partial charge is 0.487 e. The summed E-state index contributed by atoms with van der Waals surface area (Å²) in [5.74, 6) is -1.37. The Morgan fingerprint density at radius 2 is 1.64 bits per heavy atom. The molecule has 0 fully saturated rings. The van der Waals surface area contributed by atoms with E-state index in [1.807, 2.05) is 30.3 Å². The van der Waals surface area contributed by atoms with Crippen LogP contribution in [0.15, 0.2) is 78.0 Å². The normalized spacial score (nSPS) is 11.5. The molecule has 0 heterocycles. The van der Waals surface area contributed by atoms with Crippen LogP contribution in [0.25, 0.3) is 11.1 Å². The maximum absolute atomic E-state index is 14.3. The molecular formula is C27H28FNO4. The summed E-state index contributed by atoms with van der Waals surface area (Å²) in [4.78, 5) is 16.3. The van der Waals surface area contributed by atoms with E-state index in [0.29, 0.717) is 5.92 Å². The smallest absolute Gasteiger partial charge is 0.307 e. The Labute approximate surface area is 193 Å². The number of carbonyl (C=O) groups is 1. The van der Waals surface area contributed by atoms with Crippen molar-refractivity contribution in [2.75, 3.05) is 13.2 Å². The van der Waals surface area contributed by atoms with Crippen LogP contribution in [0, 0.1) is 11.7 Å². The van der Waals surface area contributed by atoms with Gasteiger partial charge in [-0.2, -0.15) is 0 Å². The predicted octanol–water partition coefficient (Wildman–Crippen LogP) is 5.97. The first kappa shape index (κ1) is 24.0. The number of benzene rings is 3. The summed E-state index contributed by atoms with van der Waals surface area (Å²) in [6.07, 6.45) is 0.350. The Bertz CT molecular complexity index is 1080. The van der Waals surface area contributed by atoms with E-state index in [1.54, 1.807) is 6.07 Å². The lowest BCUT2D eigenvalue weighted by molar-refractivity contribution is -0.136. The number of carboxylic acids is 1. The second-order valence-corrected chi connectivity index (χ2v) is 8.06. The molecule has 33 heavy (non-hydrogen) atoms. The van der Waals surface area contributed by atoms with Gasteiger partial charge in [0.15, 0.2) is 18.2 Å². The van der Waals surface area contributed by atoms with Gasteiger partial charge in [-0.15, -0.1) is 0 Å². The fourth-order valence-electron chi connectivity index (χ4n) is 3.36. The van der Waals surface area contributed by atoms with Gasteiger partial charge in [0.2, 0.25) is 0 Å². The number of hydrogen-bond donors (Lipinski definition) is 1. The quantitative estimate of drug-likeness (QED) is 0.223. The number of aliphatic carboxylic acids is 1. The molecule has 0 spiro atoms. The maximum atomic E-state index is 14.3. The highest BCUT2D eigenvalue weighted by atomic mass is 19.1. The zero-order valence-electron chi connectivity index (χ0n) is 18.8. The summed E-state index contributed by atoms with van der Waals surface area (Å²) < 4.78 is 19.8. The lowest BCUT2D eigenvalue weighted by Crippen LogP contribution is -2.10. The molecule has 3 aromatic carbocycles. The molecule has 0 aliphatic carbocycles. The van der Waals surface area contributed by atoms with E-state index in [9.17, 15) is 9.18 Å². The number of carboxylic acid groups (broad SMARTS) is 1. The number of ether oxygens (including phenoxy) is 1. The van der Waals surface area contributed by atoms with E-state index in [0.717, 1.165) is 28.8 Å². The van der Waals surface area contributed by atoms with Crippen molar-refractivity contribution in [3.05, 3.63) is 89.7 Å². The Morgan fingerprint density at radius 3 is 2.30 bits per heavy atom. The third kappa shape index (κ3) is 7.17. The van der Waals surface area contributed by atoms with E-state index < -0.39 is 18.2 Å². The minimum atomic E-state index is -1.10. The molecule has 0 bridgehead atoms. The van der Waals surface area contributed by atoms with Crippen LogP contribution in [0.2, 0.25) is 0 Å². The van der Waals surface area contributed by atoms with Crippen LogP contribution < -0.4 is 4.74 Å². The third-order valence-corrected chi connectivity index (χ3v) is 4.92. The van der Waals surface area contributed by atoms with Gasteiger partial charge >= 0.3 is 5.97 Å². The van der Waals surface area contributed by atoms with Crippen molar-refractivity contribution in [2.45, 2.75) is 26.7 Å². The monoisotopic (exact) mass is 449 g/mol. The molecule has 0 saturated carbocycles. The van der Waals surface area contributed by atoms with Crippen molar-refractivity contribution in [2.24, 2.45) is 11.1 Å². The molecule has 0 saturated heterocycles. The molecular weight excluding hydrogens is 421 g/mol. The molecule has 0 radical (unpaired) electrons. The topological polar surface area (TPSA) is 68.1 Å². The van der Waals surface area contributed by atoms with Gasteiger partial charge in [-0.05, 0) is 35.1 Å². The Balaban J connectivity index is 1.61. The second-order valence-electron chi connectivity index (χ2n) is 8.06. The van der Waals surface area contributed by atoms with E-state index in [4.69, 9.17) is 14.7 Å². The van der Waals surface area contributed by atoms with Crippen LogP contribution in [-0.2, 0) is 16.1 Å². The van der Waals surface area contributed by atoms with Crippen molar-refractivity contribution < 1.29 is 23.9 Å². The van der Waals surface area contributed by atoms with Gasteiger partial charge in [0, 0.05) is 5.56 Å². The van der Waals surface area contributed by atoms with Crippen LogP contribution in [-0.4, -0.2) is 30.0 Å². The molecule has 0 aliphatic heterocycles. The Morgan fingerprint density at radius 1 is 0.939 bits per heavy atom. The summed E-state index contributed by atoms with van der Waals surface area (Å²) in [6.45, 7) is 4.44. The van der Waals surface area contributed by atoms with E-state index in [1.165, 1.54) is 12.1 Å². The molecule has 6 heteroatoms. The first-order chi connectivity index (χ1) is 15.9. The van der Waals surface area contributed by atoms with Gasteiger partial charge in [-0.25, -0.2) is 4.39 Å². The zero-order chi connectivity index (χ0) is 23.6. The molecule has 0 amide bonds. The van der Waals surface area contributed by atoms with Crippen LogP contribution in [0.4, 0.5) is 4.39 Å². The summed E-state index contributed by atoms with van der Waals surface area (Å²) >= 11 is 0. The van der Waals surface area contributed by atoms with Gasteiger partial charge in [-0.3, -0.25) is 4.79 Å². The summed E-state index contributed by atoms with van der Waals surface area (Å²) in [5, 5.41) is 13.2. The lowest BCUT2D eigenvalue weighted by Gasteiger charge is -2.11. The van der Waals surface area contributed by atoms with Gasteiger partial charge in [-0.1, -0.05) is 85.7 Å². The highest BCUT2D eigenvalue weighted by Gasteiger charge is 2.12. The highest BCUT2D eigenvalue weighted by Crippen LogP contribution is 2.22.